The Morgan fingerprint density at radius 3 is 2.41 bits per heavy atom. The number of anilines is 1. The summed E-state index contributed by atoms with van der Waals surface area (Å²) < 4.78 is 39.5. The summed E-state index contributed by atoms with van der Waals surface area (Å²) in [5.74, 6) is -0.244. The quantitative estimate of drug-likeness (QED) is 0.509. The highest BCUT2D eigenvalue weighted by Crippen LogP contribution is 2.26. The fourth-order valence-electron chi connectivity index (χ4n) is 3.58. The van der Waals surface area contributed by atoms with E-state index in [9.17, 15) is 18.0 Å². The van der Waals surface area contributed by atoms with Crippen LogP contribution in [0.25, 0.3) is 0 Å². The number of carbonyl (C=O) groups is 2. The summed E-state index contributed by atoms with van der Waals surface area (Å²) in [5, 5.41) is 2.72. The fourth-order valence-corrected chi connectivity index (χ4v) is 5.01. The number of imidazole rings is 1. The zero-order valence-corrected chi connectivity index (χ0v) is 19.5. The van der Waals surface area contributed by atoms with Crippen LogP contribution in [0, 0.1) is 0 Å². The minimum atomic E-state index is -3.78. The van der Waals surface area contributed by atoms with Gasteiger partial charge in [-0.1, -0.05) is 0 Å². The number of aromatic nitrogens is 2. The number of morpholine rings is 1. The molecule has 0 unspecified atom stereocenters. The molecule has 1 N–H and O–H groups in total. The Labute approximate surface area is 197 Å². The number of nitrogens with one attached hydrogen (secondary N) is 1. The van der Waals surface area contributed by atoms with Crippen molar-refractivity contribution in [2.24, 2.45) is 7.05 Å². The number of methoxy groups -OCH3 is 1. The highest BCUT2D eigenvalue weighted by molar-refractivity contribution is 7.89. The number of ketones is 1. The molecule has 2 heterocycles. The number of rotatable bonds is 7. The molecule has 1 fully saturated rings. The van der Waals surface area contributed by atoms with Crippen molar-refractivity contribution >= 4 is 27.4 Å². The van der Waals surface area contributed by atoms with Gasteiger partial charge in [-0.3, -0.25) is 9.59 Å². The molecule has 10 nitrogen and oxygen atoms in total. The van der Waals surface area contributed by atoms with Gasteiger partial charge in [0.15, 0.2) is 5.82 Å². The molecule has 3 aromatic rings. The molecule has 178 valence electrons. The largest absolute Gasteiger partial charge is 0.496 e. The summed E-state index contributed by atoms with van der Waals surface area (Å²) in [5.41, 5.74) is 0.929. The van der Waals surface area contributed by atoms with E-state index in [2.05, 4.69) is 10.3 Å². The smallest absolute Gasteiger partial charge is 0.259 e. The maximum absolute atomic E-state index is 13.0. The minimum Gasteiger partial charge on any atom is -0.496 e. The predicted molar refractivity (Wildman–Crippen MR) is 124 cm³/mol. The van der Waals surface area contributed by atoms with E-state index >= 15 is 0 Å². The average molecular weight is 485 g/mol. The Hall–Kier alpha value is -3.54. The van der Waals surface area contributed by atoms with Crippen molar-refractivity contribution in [2.75, 3.05) is 38.7 Å². The molecule has 0 bridgehead atoms. The molecule has 0 aliphatic carbocycles. The molecule has 1 amide bonds. The zero-order chi connectivity index (χ0) is 24.3. The second-order valence-electron chi connectivity index (χ2n) is 7.60. The number of nitrogens with zero attached hydrogens (tertiary/aromatic N) is 3. The number of hydrogen-bond acceptors (Lipinski definition) is 7. The normalized spacial score (nSPS) is 14.5. The van der Waals surface area contributed by atoms with Crippen LogP contribution in [0.2, 0.25) is 0 Å². The van der Waals surface area contributed by atoms with Gasteiger partial charge >= 0.3 is 0 Å². The van der Waals surface area contributed by atoms with Gasteiger partial charge in [0.25, 0.3) is 5.91 Å². The second kappa shape index (κ2) is 9.75. The Bertz CT molecular complexity index is 1310. The van der Waals surface area contributed by atoms with E-state index in [1.807, 2.05) is 0 Å². The molecule has 4 rings (SSSR count). The van der Waals surface area contributed by atoms with E-state index in [4.69, 9.17) is 9.47 Å². The van der Waals surface area contributed by atoms with Crippen molar-refractivity contribution < 1.29 is 27.5 Å². The maximum Gasteiger partial charge on any atom is 0.259 e. The van der Waals surface area contributed by atoms with Crippen LogP contribution in [0.1, 0.15) is 26.5 Å². The molecule has 1 aliphatic rings. The minimum absolute atomic E-state index is 0.00337. The summed E-state index contributed by atoms with van der Waals surface area (Å²) in [6.45, 7) is 1.14. The standard InChI is InChI=1S/C23H24N4O6S/c1-26-10-9-24-22(26)21(28)16-3-5-17(6-4-16)25-23(29)19-15-18(7-8-20(19)32-2)34(30,31)27-11-13-33-14-12-27/h3-10,15H,11-14H2,1-2H3,(H,25,29). The third-order valence-corrected chi connectivity index (χ3v) is 7.35. The van der Waals surface area contributed by atoms with E-state index in [1.54, 1.807) is 48.3 Å². The number of carbonyl (C=O) groups excluding carboxylic acids is 2. The molecule has 34 heavy (non-hydrogen) atoms. The van der Waals surface area contributed by atoms with E-state index in [0.29, 0.717) is 30.3 Å². The van der Waals surface area contributed by atoms with E-state index in [-0.39, 0.29) is 35.1 Å². The van der Waals surface area contributed by atoms with Crippen LogP contribution in [-0.4, -0.2) is 67.4 Å². The lowest BCUT2D eigenvalue weighted by Gasteiger charge is -2.26. The van der Waals surface area contributed by atoms with Gasteiger partial charge in [0.1, 0.15) is 5.75 Å². The van der Waals surface area contributed by atoms with Crippen molar-refractivity contribution in [2.45, 2.75) is 4.90 Å². The molecule has 1 aliphatic heterocycles. The van der Waals surface area contributed by atoms with Gasteiger partial charge in [-0.2, -0.15) is 4.31 Å². The Balaban J connectivity index is 1.55. The van der Waals surface area contributed by atoms with Gasteiger partial charge < -0.3 is 19.4 Å². The first-order chi connectivity index (χ1) is 16.3. The molecule has 11 heteroatoms. The van der Waals surface area contributed by atoms with Crippen LogP contribution in [0.4, 0.5) is 5.69 Å². The summed E-state index contributed by atoms with van der Waals surface area (Å²) in [7, 11) is -0.649. The number of sulfonamides is 1. The molecule has 0 spiro atoms. The van der Waals surface area contributed by atoms with Crippen LogP contribution in [0.15, 0.2) is 59.8 Å². The fraction of sp³-hybridized carbons (Fsp3) is 0.261. The lowest BCUT2D eigenvalue weighted by atomic mass is 10.1. The molecule has 0 saturated carbocycles. The Morgan fingerprint density at radius 2 is 1.79 bits per heavy atom. The van der Waals surface area contributed by atoms with Crippen LogP contribution in [0.5, 0.6) is 5.75 Å². The lowest BCUT2D eigenvalue weighted by molar-refractivity contribution is 0.0730. The molecule has 1 saturated heterocycles. The van der Waals surface area contributed by atoms with Crippen molar-refractivity contribution in [1.29, 1.82) is 0 Å². The van der Waals surface area contributed by atoms with E-state index in [0.717, 1.165) is 0 Å². The van der Waals surface area contributed by atoms with Crippen molar-refractivity contribution in [3.8, 4) is 5.75 Å². The number of hydrogen-bond donors (Lipinski definition) is 1. The summed E-state index contributed by atoms with van der Waals surface area (Å²) >= 11 is 0. The van der Waals surface area contributed by atoms with Gasteiger partial charge in [-0.15, -0.1) is 0 Å². The monoisotopic (exact) mass is 484 g/mol. The molecule has 0 radical (unpaired) electrons. The Morgan fingerprint density at radius 1 is 1.09 bits per heavy atom. The van der Waals surface area contributed by atoms with Gasteiger partial charge in [0.2, 0.25) is 15.8 Å². The SMILES string of the molecule is COc1ccc(S(=O)(=O)N2CCOCC2)cc1C(=O)Nc1ccc(C(=O)c2nccn2C)cc1. The zero-order valence-electron chi connectivity index (χ0n) is 18.7. The number of benzene rings is 2. The first-order valence-corrected chi connectivity index (χ1v) is 11.9. The molecule has 0 atom stereocenters. The van der Waals surface area contributed by atoms with Gasteiger partial charge in [-0.25, -0.2) is 13.4 Å². The summed E-state index contributed by atoms with van der Waals surface area (Å²) in [6.07, 6.45) is 3.23. The van der Waals surface area contributed by atoms with E-state index < -0.39 is 15.9 Å². The van der Waals surface area contributed by atoms with Gasteiger partial charge in [0, 0.05) is 43.8 Å². The van der Waals surface area contributed by atoms with Crippen LogP contribution < -0.4 is 10.1 Å². The summed E-state index contributed by atoms with van der Waals surface area (Å²) in [4.78, 5) is 29.6. The first kappa shape index (κ1) is 23.6. The first-order valence-electron chi connectivity index (χ1n) is 10.5. The third kappa shape index (κ3) is 4.72. The Kier molecular flexibility index (Phi) is 6.77. The van der Waals surface area contributed by atoms with Crippen LogP contribution in [0.3, 0.4) is 0 Å². The van der Waals surface area contributed by atoms with Crippen molar-refractivity contribution in [1.82, 2.24) is 13.9 Å². The molecule has 2 aromatic carbocycles. The average Bonchev–Trinajstić information content (AvgIpc) is 3.29. The summed E-state index contributed by atoms with van der Waals surface area (Å²) in [6, 6.07) is 10.5. The number of ether oxygens (including phenoxy) is 2. The van der Waals surface area contributed by atoms with Crippen LogP contribution >= 0.6 is 0 Å². The van der Waals surface area contributed by atoms with Gasteiger partial charge in [0.05, 0.1) is 30.8 Å². The van der Waals surface area contributed by atoms with Crippen molar-refractivity contribution in [3.05, 3.63) is 71.8 Å². The van der Waals surface area contributed by atoms with E-state index in [1.165, 1.54) is 29.6 Å². The third-order valence-electron chi connectivity index (χ3n) is 5.45. The van der Waals surface area contributed by atoms with Crippen LogP contribution in [-0.2, 0) is 21.8 Å². The highest BCUT2D eigenvalue weighted by atomic mass is 32.2. The maximum atomic E-state index is 13.0. The van der Waals surface area contributed by atoms with Crippen molar-refractivity contribution in [3.63, 3.8) is 0 Å². The molecular weight excluding hydrogens is 460 g/mol. The predicted octanol–water partition coefficient (Wildman–Crippen LogP) is 1.93. The highest BCUT2D eigenvalue weighted by Gasteiger charge is 2.28. The number of amides is 1. The topological polar surface area (TPSA) is 120 Å². The molecule has 1 aromatic heterocycles. The molecular formula is C23H24N4O6S. The number of aryl methyl sites for hydroxylation is 1. The lowest BCUT2D eigenvalue weighted by Crippen LogP contribution is -2.40. The van der Waals surface area contributed by atoms with Gasteiger partial charge in [-0.05, 0) is 42.5 Å². The second-order valence-corrected chi connectivity index (χ2v) is 9.54.